The quantitative estimate of drug-likeness (QED) is 0.935. The summed E-state index contributed by atoms with van der Waals surface area (Å²) in [6.45, 7) is 0.463. The van der Waals surface area contributed by atoms with Gasteiger partial charge in [0.25, 0.3) is 5.91 Å². The number of thiophene rings is 1. The molecule has 2 aromatic rings. The summed E-state index contributed by atoms with van der Waals surface area (Å²) in [6.07, 6.45) is 0. The number of rotatable bonds is 3. The van der Waals surface area contributed by atoms with Crippen LogP contribution < -0.4 is 5.32 Å². The van der Waals surface area contributed by atoms with Crippen molar-refractivity contribution in [2.75, 3.05) is 7.05 Å². The van der Waals surface area contributed by atoms with Crippen LogP contribution in [-0.2, 0) is 6.54 Å². The topological polar surface area (TPSA) is 49.4 Å². The molecule has 2 rings (SSSR count). The molecule has 5 heteroatoms. The summed E-state index contributed by atoms with van der Waals surface area (Å²) < 4.78 is 0. The summed E-state index contributed by atoms with van der Waals surface area (Å²) in [5.41, 5.74) is 1.02. The van der Waals surface area contributed by atoms with Crippen molar-refractivity contribution < 1.29 is 9.59 Å². The fourth-order valence-electron chi connectivity index (χ4n) is 1.59. The fourth-order valence-corrected chi connectivity index (χ4v) is 2.21. The molecule has 98 valence electrons. The summed E-state index contributed by atoms with van der Waals surface area (Å²) in [6, 6.07) is 12.7. The Hall–Kier alpha value is -2.14. The molecule has 1 aromatic carbocycles. The van der Waals surface area contributed by atoms with Crippen LogP contribution in [0.1, 0.15) is 15.2 Å². The van der Waals surface area contributed by atoms with E-state index in [9.17, 15) is 9.59 Å². The van der Waals surface area contributed by atoms with Crippen LogP contribution in [0.4, 0.5) is 4.79 Å². The molecule has 19 heavy (non-hydrogen) atoms. The van der Waals surface area contributed by atoms with Crippen LogP contribution in [0.15, 0.2) is 47.8 Å². The highest BCUT2D eigenvalue weighted by Gasteiger charge is 2.14. The maximum absolute atomic E-state index is 11.9. The maximum atomic E-state index is 11.9. The number of carbonyl (C=O) groups excluding carboxylic acids is 2. The van der Waals surface area contributed by atoms with Crippen LogP contribution in [-0.4, -0.2) is 23.9 Å². The number of imide groups is 1. The second-order valence-corrected chi connectivity index (χ2v) is 5.03. The number of carbonyl (C=O) groups is 2. The van der Waals surface area contributed by atoms with Crippen LogP contribution in [0.5, 0.6) is 0 Å². The molecule has 0 saturated heterocycles. The summed E-state index contributed by atoms with van der Waals surface area (Å²) in [4.78, 5) is 25.6. The van der Waals surface area contributed by atoms with E-state index in [1.54, 1.807) is 24.6 Å². The van der Waals surface area contributed by atoms with Gasteiger partial charge in [-0.25, -0.2) is 4.79 Å². The molecule has 1 heterocycles. The lowest BCUT2D eigenvalue weighted by molar-refractivity contribution is 0.0958. The van der Waals surface area contributed by atoms with E-state index in [4.69, 9.17) is 0 Å². The van der Waals surface area contributed by atoms with Crippen molar-refractivity contribution in [1.82, 2.24) is 10.2 Å². The Morgan fingerprint density at radius 3 is 2.53 bits per heavy atom. The van der Waals surface area contributed by atoms with Gasteiger partial charge in [-0.1, -0.05) is 36.4 Å². The van der Waals surface area contributed by atoms with Gasteiger partial charge in [-0.3, -0.25) is 10.1 Å². The Labute approximate surface area is 115 Å². The predicted molar refractivity (Wildman–Crippen MR) is 75.1 cm³/mol. The lowest BCUT2D eigenvalue weighted by Crippen LogP contribution is -2.40. The number of hydrogen-bond acceptors (Lipinski definition) is 3. The molecule has 0 fully saturated rings. The molecule has 0 aliphatic rings. The molecular formula is C14H14N2O2S. The van der Waals surface area contributed by atoms with E-state index in [2.05, 4.69) is 5.32 Å². The molecule has 0 spiro atoms. The Morgan fingerprint density at radius 2 is 1.89 bits per heavy atom. The zero-order valence-electron chi connectivity index (χ0n) is 10.5. The summed E-state index contributed by atoms with van der Waals surface area (Å²) in [5.74, 6) is -0.361. The van der Waals surface area contributed by atoms with Crippen molar-refractivity contribution in [2.45, 2.75) is 6.54 Å². The van der Waals surface area contributed by atoms with E-state index in [-0.39, 0.29) is 5.91 Å². The fraction of sp³-hybridized carbons (Fsp3) is 0.143. The van der Waals surface area contributed by atoms with Gasteiger partial charge in [-0.05, 0) is 17.0 Å². The molecule has 0 saturated carbocycles. The number of nitrogens with one attached hydrogen (secondary N) is 1. The van der Waals surface area contributed by atoms with Crippen LogP contribution in [0.25, 0.3) is 0 Å². The SMILES string of the molecule is CN(Cc1ccccc1)C(=O)NC(=O)c1cccs1. The zero-order valence-corrected chi connectivity index (χ0v) is 11.3. The zero-order chi connectivity index (χ0) is 13.7. The minimum absolute atomic E-state index is 0.361. The van der Waals surface area contributed by atoms with Gasteiger partial charge in [0, 0.05) is 13.6 Å². The van der Waals surface area contributed by atoms with E-state index >= 15 is 0 Å². The highest BCUT2D eigenvalue weighted by Crippen LogP contribution is 2.08. The second-order valence-electron chi connectivity index (χ2n) is 4.08. The van der Waals surface area contributed by atoms with Crippen molar-refractivity contribution in [2.24, 2.45) is 0 Å². The highest BCUT2D eigenvalue weighted by atomic mass is 32.1. The molecule has 0 unspecified atom stereocenters. The van der Waals surface area contributed by atoms with E-state index in [0.717, 1.165) is 5.56 Å². The molecule has 1 N–H and O–H groups in total. The molecule has 0 aliphatic carbocycles. The van der Waals surface area contributed by atoms with Gasteiger partial charge in [0.1, 0.15) is 0 Å². The first-order chi connectivity index (χ1) is 9.16. The average Bonchev–Trinajstić information content (AvgIpc) is 2.93. The Kier molecular flexibility index (Phi) is 4.30. The third-order valence-corrected chi connectivity index (χ3v) is 3.44. The minimum Gasteiger partial charge on any atom is -0.323 e. The Bertz CT molecular complexity index is 552. The molecule has 1 aromatic heterocycles. The number of nitrogens with zero attached hydrogens (tertiary/aromatic N) is 1. The van der Waals surface area contributed by atoms with Gasteiger partial charge in [-0.15, -0.1) is 11.3 Å². The third-order valence-electron chi connectivity index (χ3n) is 2.57. The number of benzene rings is 1. The molecule has 0 atom stereocenters. The first-order valence-electron chi connectivity index (χ1n) is 5.80. The maximum Gasteiger partial charge on any atom is 0.324 e. The molecule has 4 nitrogen and oxygen atoms in total. The van der Waals surface area contributed by atoms with E-state index < -0.39 is 6.03 Å². The van der Waals surface area contributed by atoms with Gasteiger partial charge >= 0.3 is 6.03 Å². The van der Waals surface area contributed by atoms with E-state index in [0.29, 0.717) is 11.4 Å². The van der Waals surface area contributed by atoms with E-state index in [1.807, 2.05) is 30.3 Å². The van der Waals surface area contributed by atoms with Gasteiger partial charge in [0.15, 0.2) is 0 Å². The standard InChI is InChI=1S/C14H14N2O2S/c1-16(10-11-6-3-2-4-7-11)14(18)15-13(17)12-8-5-9-19-12/h2-9H,10H2,1H3,(H,15,17,18). The number of amides is 3. The molecule has 0 aliphatic heterocycles. The Balaban J connectivity index is 1.91. The highest BCUT2D eigenvalue weighted by molar-refractivity contribution is 7.12. The first kappa shape index (κ1) is 13.3. The average molecular weight is 274 g/mol. The molecule has 0 bridgehead atoms. The minimum atomic E-state index is -0.401. The molecule has 0 radical (unpaired) electrons. The number of hydrogen-bond donors (Lipinski definition) is 1. The normalized spacial score (nSPS) is 9.95. The van der Waals surface area contributed by atoms with Crippen molar-refractivity contribution in [3.63, 3.8) is 0 Å². The predicted octanol–water partition coefficient (Wildman–Crippen LogP) is 2.73. The van der Waals surface area contributed by atoms with Crippen LogP contribution in [0.2, 0.25) is 0 Å². The molecular weight excluding hydrogens is 260 g/mol. The summed E-state index contributed by atoms with van der Waals surface area (Å²) in [5, 5.41) is 4.16. The smallest absolute Gasteiger partial charge is 0.323 e. The van der Waals surface area contributed by atoms with Gasteiger partial charge in [0.05, 0.1) is 4.88 Å². The first-order valence-corrected chi connectivity index (χ1v) is 6.68. The number of urea groups is 1. The van der Waals surface area contributed by atoms with Crippen molar-refractivity contribution in [3.05, 3.63) is 58.3 Å². The summed E-state index contributed by atoms with van der Waals surface area (Å²) >= 11 is 1.31. The summed E-state index contributed by atoms with van der Waals surface area (Å²) in [7, 11) is 1.66. The van der Waals surface area contributed by atoms with Gasteiger partial charge in [-0.2, -0.15) is 0 Å². The van der Waals surface area contributed by atoms with Gasteiger partial charge in [0.2, 0.25) is 0 Å². The van der Waals surface area contributed by atoms with Crippen LogP contribution in [0, 0.1) is 0 Å². The van der Waals surface area contributed by atoms with Crippen LogP contribution in [0.3, 0.4) is 0 Å². The van der Waals surface area contributed by atoms with Crippen molar-refractivity contribution in [3.8, 4) is 0 Å². The lowest BCUT2D eigenvalue weighted by atomic mass is 10.2. The van der Waals surface area contributed by atoms with Gasteiger partial charge < -0.3 is 4.90 Å². The third kappa shape index (κ3) is 3.66. The van der Waals surface area contributed by atoms with E-state index in [1.165, 1.54) is 16.2 Å². The monoisotopic (exact) mass is 274 g/mol. The van der Waals surface area contributed by atoms with Crippen molar-refractivity contribution in [1.29, 1.82) is 0 Å². The Morgan fingerprint density at radius 1 is 1.16 bits per heavy atom. The van der Waals surface area contributed by atoms with Crippen molar-refractivity contribution >= 4 is 23.3 Å². The molecule has 3 amide bonds. The van der Waals surface area contributed by atoms with Crippen LogP contribution >= 0.6 is 11.3 Å². The largest absolute Gasteiger partial charge is 0.324 e. The second kappa shape index (κ2) is 6.15. The lowest BCUT2D eigenvalue weighted by Gasteiger charge is -2.17.